The maximum Gasteiger partial charge on any atom is 0.106 e. The predicted molar refractivity (Wildman–Crippen MR) is 70.7 cm³/mol. The molecule has 0 saturated carbocycles. The van der Waals surface area contributed by atoms with Crippen LogP contribution in [0.25, 0.3) is 0 Å². The molecule has 90 valence electrons. The molecule has 1 atom stereocenters. The summed E-state index contributed by atoms with van der Waals surface area (Å²) < 4.78 is 5.47. The lowest BCUT2D eigenvalue weighted by Crippen LogP contribution is -2.12. The van der Waals surface area contributed by atoms with Gasteiger partial charge in [0, 0.05) is 15.6 Å². The molecule has 2 nitrogen and oxygen atoms in total. The van der Waals surface area contributed by atoms with E-state index >= 15 is 0 Å². The van der Waals surface area contributed by atoms with Gasteiger partial charge in [-0.25, -0.2) is 0 Å². The fourth-order valence-electron chi connectivity index (χ4n) is 1.89. The molecular formula is C13H13Cl2NO. The molecule has 1 unspecified atom stereocenters. The molecule has 1 aromatic heterocycles. The Hall–Kier alpha value is -0.960. The Morgan fingerprint density at radius 2 is 1.65 bits per heavy atom. The second kappa shape index (κ2) is 4.73. The zero-order valence-corrected chi connectivity index (χ0v) is 11.1. The molecule has 17 heavy (non-hydrogen) atoms. The average molecular weight is 270 g/mol. The summed E-state index contributed by atoms with van der Waals surface area (Å²) in [5, 5.41) is 1.17. The molecule has 2 N–H and O–H groups in total. The van der Waals surface area contributed by atoms with Crippen molar-refractivity contribution < 1.29 is 4.42 Å². The van der Waals surface area contributed by atoms with E-state index in [4.69, 9.17) is 33.4 Å². The van der Waals surface area contributed by atoms with E-state index in [0.29, 0.717) is 10.0 Å². The normalized spacial score (nSPS) is 12.8. The Morgan fingerprint density at radius 1 is 1.06 bits per heavy atom. The number of furan rings is 1. The summed E-state index contributed by atoms with van der Waals surface area (Å²) in [4.78, 5) is 0. The highest BCUT2D eigenvalue weighted by Gasteiger charge is 2.16. The molecule has 0 amide bonds. The Labute approximate surface area is 110 Å². The number of nitrogens with two attached hydrogens (primary N) is 1. The molecule has 0 saturated heterocycles. The zero-order valence-electron chi connectivity index (χ0n) is 9.63. The monoisotopic (exact) mass is 269 g/mol. The number of hydrogen-bond donors (Lipinski definition) is 1. The molecule has 0 aliphatic rings. The highest BCUT2D eigenvalue weighted by atomic mass is 35.5. The third-order valence-electron chi connectivity index (χ3n) is 2.66. The van der Waals surface area contributed by atoms with Crippen LogP contribution in [0.3, 0.4) is 0 Å². The van der Waals surface area contributed by atoms with Gasteiger partial charge in [0.1, 0.15) is 11.5 Å². The van der Waals surface area contributed by atoms with E-state index in [9.17, 15) is 0 Å². The minimum Gasteiger partial charge on any atom is -0.466 e. The van der Waals surface area contributed by atoms with Gasteiger partial charge in [0.2, 0.25) is 0 Å². The second-order valence-corrected chi connectivity index (χ2v) is 4.92. The molecule has 0 bridgehead atoms. The average Bonchev–Trinajstić information content (AvgIpc) is 2.55. The van der Waals surface area contributed by atoms with E-state index < -0.39 is 0 Å². The fourth-order valence-corrected chi connectivity index (χ4v) is 2.44. The van der Waals surface area contributed by atoms with E-state index in [1.807, 2.05) is 32.0 Å². The number of hydrogen-bond acceptors (Lipinski definition) is 2. The topological polar surface area (TPSA) is 39.2 Å². The summed E-state index contributed by atoms with van der Waals surface area (Å²) in [5.74, 6) is 1.67. The summed E-state index contributed by atoms with van der Waals surface area (Å²) >= 11 is 11.9. The first-order valence-electron chi connectivity index (χ1n) is 5.26. The standard InChI is InChI=1S/C13H13Cl2NO/c1-7-3-12(8(2)17-7)13(16)9-4-10(14)6-11(15)5-9/h3-6,13H,16H2,1-2H3. The predicted octanol–water partition coefficient (Wildman–Crippen LogP) is 4.25. The molecule has 0 fully saturated rings. The quantitative estimate of drug-likeness (QED) is 0.885. The van der Waals surface area contributed by atoms with Gasteiger partial charge in [0.05, 0.1) is 6.04 Å². The summed E-state index contributed by atoms with van der Waals surface area (Å²) in [6, 6.07) is 6.99. The molecule has 0 spiro atoms. The van der Waals surface area contributed by atoms with Crippen molar-refractivity contribution in [1.29, 1.82) is 0 Å². The van der Waals surface area contributed by atoms with Crippen molar-refractivity contribution in [2.45, 2.75) is 19.9 Å². The summed E-state index contributed by atoms with van der Waals surface area (Å²) in [5.41, 5.74) is 8.03. The first-order valence-corrected chi connectivity index (χ1v) is 6.01. The zero-order chi connectivity index (χ0) is 12.6. The van der Waals surface area contributed by atoms with E-state index in [-0.39, 0.29) is 6.04 Å². The van der Waals surface area contributed by atoms with Crippen molar-refractivity contribution in [2.75, 3.05) is 0 Å². The molecule has 0 aliphatic heterocycles. The van der Waals surface area contributed by atoms with Crippen LogP contribution in [0.15, 0.2) is 28.7 Å². The third-order valence-corrected chi connectivity index (χ3v) is 3.09. The highest BCUT2D eigenvalue weighted by molar-refractivity contribution is 6.34. The van der Waals surface area contributed by atoms with Crippen LogP contribution in [0.1, 0.15) is 28.7 Å². The summed E-state index contributed by atoms with van der Waals surface area (Å²) in [7, 11) is 0. The van der Waals surface area contributed by atoms with Crippen molar-refractivity contribution in [3.63, 3.8) is 0 Å². The van der Waals surface area contributed by atoms with Gasteiger partial charge < -0.3 is 10.2 Å². The smallest absolute Gasteiger partial charge is 0.106 e. The molecule has 0 radical (unpaired) electrons. The first-order chi connectivity index (χ1) is 7.97. The summed E-state index contributed by atoms with van der Waals surface area (Å²) in [6.07, 6.45) is 0. The molecule has 0 aliphatic carbocycles. The van der Waals surface area contributed by atoms with Crippen LogP contribution < -0.4 is 5.73 Å². The van der Waals surface area contributed by atoms with Crippen LogP contribution in [-0.2, 0) is 0 Å². The van der Waals surface area contributed by atoms with E-state index in [2.05, 4.69) is 0 Å². The SMILES string of the molecule is Cc1cc(C(N)c2cc(Cl)cc(Cl)c2)c(C)o1. The lowest BCUT2D eigenvalue weighted by Gasteiger charge is -2.12. The van der Waals surface area contributed by atoms with Gasteiger partial charge in [0.25, 0.3) is 0 Å². The van der Waals surface area contributed by atoms with Gasteiger partial charge in [-0.1, -0.05) is 23.2 Å². The Morgan fingerprint density at radius 3 is 2.12 bits per heavy atom. The van der Waals surface area contributed by atoms with E-state index in [0.717, 1.165) is 22.6 Å². The lowest BCUT2D eigenvalue weighted by atomic mass is 10.00. The number of rotatable bonds is 2. The van der Waals surface area contributed by atoms with Crippen molar-refractivity contribution >= 4 is 23.2 Å². The van der Waals surface area contributed by atoms with Crippen LogP contribution in [0.5, 0.6) is 0 Å². The van der Waals surface area contributed by atoms with Gasteiger partial charge in [-0.15, -0.1) is 0 Å². The van der Waals surface area contributed by atoms with Gasteiger partial charge in [0.15, 0.2) is 0 Å². The Bertz CT molecular complexity index is 528. The maximum atomic E-state index is 6.19. The van der Waals surface area contributed by atoms with E-state index in [1.54, 1.807) is 6.07 Å². The van der Waals surface area contributed by atoms with Crippen molar-refractivity contribution in [3.05, 3.63) is 57.0 Å². The highest BCUT2D eigenvalue weighted by Crippen LogP contribution is 2.29. The van der Waals surface area contributed by atoms with Crippen LogP contribution in [0, 0.1) is 13.8 Å². The number of benzene rings is 1. The van der Waals surface area contributed by atoms with Crippen molar-refractivity contribution in [1.82, 2.24) is 0 Å². The van der Waals surface area contributed by atoms with Crippen molar-refractivity contribution in [2.24, 2.45) is 5.73 Å². The van der Waals surface area contributed by atoms with Gasteiger partial charge >= 0.3 is 0 Å². The van der Waals surface area contributed by atoms with Crippen LogP contribution in [-0.4, -0.2) is 0 Å². The van der Waals surface area contributed by atoms with Crippen LogP contribution in [0.2, 0.25) is 10.0 Å². The van der Waals surface area contributed by atoms with Crippen molar-refractivity contribution in [3.8, 4) is 0 Å². The Balaban J connectivity index is 2.43. The van der Waals surface area contributed by atoms with Gasteiger partial charge in [-0.05, 0) is 43.7 Å². The van der Waals surface area contributed by atoms with Gasteiger partial charge in [-0.2, -0.15) is 0 Å². The summed E-state index contributed by atoms with van der Waals surface area (Å²) in [6.45, 7) is 3.79. The molecule has 4 heteroatoms. The van der Waals surface area contributed by atoms with Gasteiger partial charge in [-0.3, -0.25) is 0 Å². The molecule has 1 aromatic carbocycles. The Kier molecular flexibility index (Phi) is 3.48. The molecule has 2 rings (SSSR count). The van der Waals surface area contributed by atoms with Crippen LogP contribution in [0.4, 0.5) is 0 Å². The largest absolute Gasteiger partial charge is 0.466 e. The lowest BCUT2D eigenvalue weighted by molar-refractivity contribution is 0.499. The van der Waals surface area contributed by atoms with Crippen LogP contribution >= 0.6 is 23.2 Å². The second-order valence-electron chi connectivity index (χ2n) is 4.05. The number of aryl methyl sites for hydroxylation is 2. The maximum absolute atomic E-state index is 6.19. The first kappa shape index (κ1) is 12.5. The van der Waals surface area contributed by atoms with E-state index in [1.165, 1.54) is 0 Å². The number of halogens is 2. The molecule has 2 aromatic rings. The fraction of sp³-hybridized carbons (Fsp3) is 0.231. The third kappa shape index (κ3) is 2.65. The minimum atomic E-state index is -0.274. The molecular weight excluding hydrogens is 257 g/mol. The minimum absolute atomic E-state index is 0.274. The molecule has 1 heterocycles.